The number of nitrogens with one attached hydrogen (secondary N) is 3. The highest BCUT2D eigenvalue weighted by atomic mass is 32.2. The lowest BCUT2D eigenvalue weighted by Crippen LogP contribution is -2.27. The van der Waals surface area contributed by atoms with E-state index in [1.165, 1.54) is 42.6 Å². The fraction of sp³-hybridized carbons (Fsp3) is 0.156. The zero-order valence-corrected chi connectivity index (χ0v) is 24.5. The van der Waals surface area contributed by atoms with Crippen molar-refractivity contribution in [3.63, 3.8) is 0 Å². The lowest BCUT2D eigenvalue weighted by Gasteiger charge is -2.21. The zero-order valence-electron chi connectivity index (χ0n) is 23.7. The van der Waals surface area contributed by atoms with E-state index >= 15 is 0 Å². The van der Waals surface area contributed by atoms with E-state index in [2.05, 4.69) is 22.2 Å². The van der Waals surface area contributed by atoms with Crippen molar-refractivity contribution in [1.29, 1.82) is 4.78 Å². The van der Waals surface area contributed by atoms with E-state index < -0.39 is 27.3 Å². The summed E-state index contributed by atoms with van der Waals surface area (Å²) in [6, 6.07) is 18.4. The number of carbonyl (C=O) groups excluding carboxylic acids is 2. The van der Waals surface area contributed by atoms with Gasteiger partial charge in [0.2, 0.25) is 0 Å². The number of allylic oxidation sites excluding steroid dienone is 1. The van der Waals surface area contributed by atoms with Gasteiger partial charge in [-0.3, -0.25) is 15.1 Å². The number of anilines is 2. The fourth-order valence-corrected chi connectivity index (χ4v) is 5.22. The van der Waals surface area contributed by atoms with Crippen LogP contribution in [0.4, 0.5) is 20.6 Å². The summed E-state index contributed by atoms with van der Waals surface area (Å²) in [5.74, 6) is -0.886. The van der Waals surface area contributed by atoms with Gasteiger partial charge in [-0.15, -0.1) is 0 Å². The molecule has 0 aliphatic rings. The molecule has 4 aromatic rings. The third-order valence-corrected chi connectivity index (χ3v) is 7.89. The van der Waals surface area contributed by atoms with Crippen molar-refractivity contribution in [1.82, 2.24) is 4.98 Å². The molecule has 3 N–H and O–H groups in total. The average Bonchev–Trinajstić information content (AvgIpc) is 2.93. The van der Waals surface area contributed by atoms with E-state index in [-0.39, 0.29) is 26.9 Å². The molecule has 0 aliphatic carbocycles. The van der Waals surface area contributed by atoms with Crippen molar-refractivity contribution in [2.75, 3.05) is 10.6 Å². The molecule has 216 valence electrons. The number of hydrogen-bond acceptors (Lipinski definition) is 6. The van der Waals surface area contributed by atoms with Gasteiger partial charge in [-0.2, -0.15) is 0 Å². The number of pyridine rings is 1. The van der Waals surface area contributed by atoms with Crippen molar-refractivity contribution >= 4 is 38.7 Å². The minimum absolute atomic E-state index is 0.213. The van der Waals surface area contributed by atoms with Gasteiger partial charge in [-0.1, -0.05) is 24.8 Å². The molecule has 0 saturated heterocycles. The first-order chi connectivity index (χ1) is 19.7. The Morgan fingerprint density at radius 3 is 2.12 bits per heavy atom. The number of carbonyl (C=O) groups is 2. The van der Waals surface area contributed by atoms with Gasteiger partial charge in [0.15, 0.2) is 0 Å². The molecule has 0 saturated carbocycles. The van der Waals surface area contributed by atoms with Gasteiger partial charge in [0.1, 0.15) is 21.1 Å². The van der Waals surface area contributed by atoms with Crippen molar-refractivity contribution < 1.29 is 22.9 Å². The van der Waals surface area contributed by atoms with E-state index in [4.69, 9.17) is 9.52 Å². The summed E-state index contributed by atoms with van der Waals surface area (Å²) >= 11 is 0. The SMILES string of the molecule is C=C(C)c1cncc(S(=N)(=O)c2ccc(C(=O)Nc3cc(-c4ccc(F)cc4)ccc3NC(=O)OC(C)(C)C)cc2)c1. The van der Waals surface area contributed by atoms with Crippen LogP contribution in [0.3, 0.4) is 0 Å². The van der Waals surface area contributed by atoms with Gasteiger partial charge in [-0.25, -0.2) is 18.2 Å². The molecule has 0 bridgehead atoms. The predicted octanol–water partition coefficient (Wildman–Crippen LogP) is 7.98. The second-order valence-corrected chi connectivity index (χ2v) is 12.7. The molecule has 1 atom stereocenters. The van der Waals surface area contributed by atoms with E-state index in [0.29, 0.717) is 22.4 Å². The highest BCUT2D eigenvalue weighted by molar-refractivity contribution is 7.92. The van der Waals surface area contributed by atoms with Crippen LogP contribution in [0, 0.1) is 10.6 Å². The first-order valence-electron chi connectivity index (χ1n) is 12.9. The summed E-state index contributed by atoms with van der Waals surface area (Å²) in [7, 11) is -3.39. The normalized spacial score (nSPS) is 12.6. The van der Waals surface area contributed by atoms with Crippen molar-refractivity contribution in [3.8, 4) is 11.1 Å². The third kappa shape index (κ3) is 7.27. The van der Waals surface area contributed by atoms with Crippen LogP contribution >= 0.6 is 0 Å². The molecule has 42 heavy (non-hydrogen) atoms. The monoisotopic (exact) mass is 586 g/mol. The van der Waals surface area contributed by atoms with Crippen molar-refractivity contribution in [2.24, 2.45) is 0 Å². The summed E-state index contributed by atoms with van der Waals surface area (Å²) < 4.78 is 40.8. The van der Waals surface area contributed by atoms with Gasteiger partial charge in [-0.05, 0) is 105 Å². The molecule has 0 aliphatic heterocycles. The van der Waals surface area contributed by atoms with Crippen LogP contribution in [0.15, 0.2) is 102 Å². The van der Waals surface area contributed by atoms with Crippen LogP contribution in [0.25, 0.3) is 16.7 Å². The van der Waals surface area contributed by atoms with Gasteiger partial charge < -0.3 is 10.1 Å². The number of benzene rings is 3. The maximum absolute atomic E-state index is 13.5. The molecule has 8 nitrogen and oxygen atoms in total. The lowest BCUT2D eigenvalue weighted by molar-refractivity contribution is 0.0635. The topological polar surface area (TPSA) is 121 Å². The van der Waals surface area contributed by atoms with Crippen LogP contribution in [0.5, 0.6) is 0 Å². The summed E-state index contributed by atoms with van der Waals surface area (Å²) in [6.45, 7) is 10.9. The predicted molar refractivity (Wildman–Crippen MR) is 162 cm³/mol. The van der Waals surface area contributed by atoms with Gasteiger partial charge in [0, 0.05) is 18.0 Å². The summed E-state index contributed by atoms with van der Waals surface area (Å²) in [5, 5.41) is 5.47. The third-order valence-electron chi connectivity index (χ3n) is 6.07. The van der Waals surface area contributed by atoms with Crippen LogP contribution in [-0.2, 0) is 14.5 Å². The van der Waals surface area contributed by atoms with Crippen LogP contribution in [-0.4, -0.2) is 26.8 Å². The van der Waals surface area contributed by atoms with E-state index in [1.54, 1.807) is 70.3 Å². The Hall–Kier alpha value is -4.83. The Balaban J connectivity index is 1.62. The van der Waals surface area contributed by atoms with E-state index in [0.717, 1.165) is 5.57 Å². The zero-order chi connectivity index (χ0) is 30.7. The molecular weight excluding hydrogens is 555 g/mol. The van der Waals surface area contributed by atoms with Crippen LogP contribution in [0.2, 0.25) is 0 Å². The number of hydrogen-bond donors (Lipinski definition) is 3. The van der Waals surface area contributed by atoms with Gasteiger partial charge in [0.25, 0.3) is 5.91 Å². The molecule has 0 radical (unpaired) electrons. The quantitative estimate of drug-likeness (QED) is 0.203. The lowest BCUT2D eigenvalue weighted by atomic mass is 10.0. The Morgan fingerprint density at radius 1 is 0.857 bits per heavy atom. The van der Waals surface area contributed by atoms with Crippen molar-refractivity contribution in [2.45, 2.75) is 43.1 Å². The summed E-state index contributed by atoms with van der Waals surface area (Å²) in [5.41, 5.74) is 2.87. The number of rotatable bonds is 7. The minimum Gasteiger partial charge on any atom is -0.444 e. The number of aromatic nitrogens is 1. The van der Waals surface area contributed by atoms with Crippen LogP contribution < -0.4 is 10.6 Å². The maximum Gasteiger partial charge on any atom is 0.412 e. The van der Waals surface area contributed by atoms with Gasteiger partial charge >= 0.3 is 6.09 Å². The molecule has 1 unspecified atom stereocenters. The fourth-order valence-electron chi connectivity index (χ4n) is 3.93. The molecule has 2 amide bonds. The second kappa shape index (κ2) is 12.0. The van der Waals surface area contributed by atoms with Gasteiger partial charge in [0.05, 0.1) is 21.2 Å². The highest BCUT2D eigenvalue weighted by Gasteiger charge is 2.20. The number of ether oxygens (including phenoxy) is 1. The van der Waals surface area contributed by atoms with E-state index in [1.807, 2.05) is 0 Å². The molecule has 1 heterocycles. The number of amides is 2. The Labute approximate surface area is 244 Å². The smallest absolute Gasteiger partial charge is 0.412 e. The Morgan fingerprint density at radius 2 is 1.50 bits per heavy atom. The molecular formula is C32H31FN4O4S. The summed E-state index contributed by atoms with van der Waals surface area (Å²) in [4.78, 5) is 30.3. The van der Waals surface area contributed by atoms with Crippen molar-refractivity contribution in [3.05, 3.63) is 109 Å². The molecule has 4 rings (SSSR count). The van der Waals surface area contributed by atoms with E-state index in [9.17, 15) is 18.2 Å². The Kier molecular flexibility index (Phi) is 8.58. The number of halogens is 1. The van der Waals surface area contributed by atoms with Crippen LogP contribution in [0.1, 0.15) is 43.6 Å². The largest absolute Gasteiger partial charge is 0.444 e. The average molecular weight is 587 g/mol. The first kappa shape index (κ1) is 30.1. The summed E-state index contributed by atoms with van der Waals surface area (Å²) in [6.07, 6.45) is 2.27. The standard InChI is InChI=1S/C32H31FN4O4S/c1-20(2)24-16-27(19-35-18-24)42(34,40)26-13-8-22(9-14-26)30(38)36-29-17-23(21-6-11-25(33)12-7-21)10-15-28(29)37-31(39)41-32(3,4)5/h6-19,34H,1H2,2-5H3,(H,36,38)(H,37,39). The molecule has 0 spiro atoms. The second-order valence-electron chi connectivity index (χ2n) is 10.6. The first-order valence-corrected chi connectivity index (χ1v) is 14.5. The number of nitrogens with zero attached hydrogens (tertiary/aromatic N) is 1. The Bertz CT molecular complexity index is 1760. The highest BCUT2D eigenvalue weighted by Crippen LogP contribution is 2.31. The molecule has 3 aromatic carbocycles. The molecule has 0 fully saturated rings. The molecule has 10 heteroatoms. The minimum atomic E-state index is -3.39. The molecule has 1 aromatic heterocycles. The maximum atomic E-state index is 13.5.